The Bertz CT molecular complexity index is 671. The summed E-state index contributed by atoms with van der Waals surface area (Å²) in [7, 11) is 2.16. The van der Waals surface area contributed by atoms with Gasteiger partial charge < -0.3 is 10.0 Å². The highest BCUT2D eigenvalue weighted by Gasteiger charge is 2.42. The minimum absolute atomic E-state index is 0.235. The fourth-order valence-electron chi connectivity index (χ4n) is 3.67. The lowest BCUT2D eigenvalue weighted by Crippen LogP contribution is -2.42. The summed E-state index contributed by atoms with van der Waals surface area (Å²) in [5.74, 6) is 0.736. The highest BCUT2D eigenvalue weighted by atomic mass is 32.1. The zero-order valence-corrected chi connectivity index (χ0v) is 15.9. The molecule has 24 heavy (non-hydrogen) atoms. The van der Waals surface area contributed by atoms with Crippen LogP contribution in [0, 0.1) is 12.8 Å². The summed E-state index contributed by atoms with van der Waals surface area (Å²) in [6, 6.07) is 10.6. The molecular weight excluding hydrogens is 316 g/mol. The van der Waals surface area contributed by atoms with Gasteiger partial charge in [0.1, 0.15) is 5.60 Å². The van der Waals surface area contributed by atoms with Crippen molar-refractivity contribution in [1.29, 1.82) is 0 Å². The zero-order valence-electron chi connectivity index (χ0n) is 15.1. The molecule has 1 saturated heterocycles. The maximum atomic E-state index is 11.9. The topological polar surface area (TPSA) is 36.4 Å². The van der Waals surface area contributed by atoms with Crippen molar-refractivity contribution >= 4 is 11.5 Å². The van der Waals surface area contributed by atoms with E-state index >= 15 is 0 Å². The second kappa shape index (κ2) is 6.95. The van der Waals surface area contributed by atoms with Crippen LogP contribution in [0.15, 0.2) is 30.3 Å². The summed E-state index contributed by atoms with van der Waals surface area (Å²) < 4.78 is 4.44. The first-order valence-electron chi connectivity index (χ1n) is 8.86. The van der Waals surface area contributed by atoms with E-state index in [-0.39, 0.29) is 5.92 Å². The Morgan fingerprint density at radius 1 is 1.21 bits per heavy atom. The first kappa shape index (κ1) is 17.6. The van der Waals surface area contributed by atoms with Gasteiger partial charge in [0.2, 0.25) is 0 Å². The SMILES string of the molecule is Cc1cc(C(O)(c2ccc(C(C)C)cc2)C2CCN(C)CC2)sn1. The van der Waals surface area contributed by atoms with Gasteiger partial charge in [-0.3, -0.25) is 0 Å². The van der Waals surface area contributed by atoms with E-state index in [0.29, 0.717) is 5.92 Å². The molecule has 0 radical (unpaired) electrons. The first-order chi connectivity index (χ1) is 11.4. The maximum Gasteiger partial charge on any atom is 0.128 e. The normalized spacial score (nSPS) is 19.6. The second-order valence-electron chi connectivity index (χ2n) is 7.45. The number of aliphatic hydroxyl groups is 1. The molecule has 3 nitrogen and oxygen atoms in total. The van der Waals surface area contributed by atoms with Gasteiger partial charge >= 0.3 is 0 Å². The van der Waals surface area contributed by atoms with E-state index in [1.54, 1.807) is 0 Å². The van der Waals surface area contributed by atoms with Crippen molar-refractivity contribution in [3.8, 4) is 0 Å². The van der Waals surface area contributed by atoms with E-state index in [0.717, 1.165) is 42.1 Å². The van der Waals surface area contributed by atoms with Gasteiger partial charge in [0.15, 0.2) is 0 Å². The highest BCUT2D eigenvalue weighted by molar-refractivity contribution is 7.06. The molecule has 0 spiro atoms. The highest BCUT2D eigenvalue weighted by Crippen LogP contribution is 2.43. The summed E-state index contributed by atoms with van der Waals surface area (Å²) in [6.07, 6.45) is 2.02. The molecule has 0 bridgehead atoms. The molecule has 3 rings (SSSR count). The first-order valence-corrected chi connectivity index (χ1v) is 9.63. The van der Waals surface area contributed by atoms with Gasteiger partial charge in [0, 0.05) is 0 Å². The van der Waals surface area contributed by atoms with Crippen LogP contribution in [0.3, 0.4) is 0 Å². The number of aryl methyl sites for hydroxylation is 1. The summed E-state index contributed by atoms with van der Waals surface area (Å²) in [5, 5.41) is 11.9. The van der Waals surface area contributed by atoms with Crippen molar-refractivity contribution < 1.29 is 5.11 Å². The summed E-state index contributed by atoms with van der Waals surface area (Å²) in [6.45, 7) is 8.47. The zero-order chi connectivity index (χ0) is 17.3. The third kappa shape index (κ3) is 3.28. The van der Waals surface area contributed by atoms with Gasteiger partial charge in [-0.15, -0.1) is 0 Å². The predicted octanol–water partition coefficient (Wildman–Crippen LogP) is 4.15. The van der Waals surface area contributed by atoms with Crippen molar-refractivity contribution in [1.82, 2.24) is 9.27 Å². The van der Waals surface area contributed by atoms with E-state index < -0.39 is 5.60 Å². The lowest BCUT2D eigenvalue weighted by molar-refractivity contribution is -0.00799. The average molecular weight is 345 g/mol. The van der Waals surface area contributed by atoms with E-state index in [2.05, 4.69) is 60.5 Å². The smallest absolute Gasteiger partial charge is 0.128 e. The van der Waals surface area contributed by atoms with Gasteiger partial charge in [-0.2, -0.15) is 4.37 Å². The van der Waals surface area contributed by atoms with Crippen LogP contribution in [-0.2, 0) is 5.60 Å². The monoisotopic (exact) mass is 344 g/mol. The van der Waals surface area contributed by atoms with E-state index in [4.69, 9.17) is 0 Å². The van der Waals surface area contributed by atoms with Crippen LogP contribution < -0.4 is 0 Å². The minimum atomic E-state index is -0.928. The Balaban J connectivity index is 2.01. The van der Waals surface area contributed by atoms with E-state index in [9.17, 15) is 5.11 Å². The summed E-state index contributed by atoms with van der Waals surface area (Å²) >= 11 is 1.44. The van der Waals surface area contributed by atoms with Gasteiger partial charge in [0.25, 0.3) is 0 Å². The molecule has 130 valence electrons. The van der Waals surface area contributed by atoms with Crippen molar-refractivity contribution in [2.24, 2.45) is 5.92 Å². The van der Waals surface area contributed by atoms with Crippen molar-refractivity contribution in [2.45, 2.75) is 45.1 Å². The molecule has 1 aromatic heterocycles. The fraction of sp³-hybridized carbons (Fsp3) is 0.550. The molecule has 1 unspecified atom stereocenters. The van der Waals surface area contributed by atoms with E-state index in [1.807, 2.05) is 6.92 Å². The number of hydrogen-bond donors (Lipinski definition) is 1. The van der Waals surface area contributed by atoms with E-state index in [1.165, 1.54) is 17.1 Å². The molecule has 1 aliphatic rings. The molecule has 2 aromatic rings. The van der Waals surface area contributed by atoms with Crippen LogP contribution in [0.2, 0.25) is 0 Å². The number of nitrogens with zero attached hydrogens (tertiary/aromatic N) is 2. The largest absolute Gasteiger partial charge is 0.379 e. The Morgan fingerprint density at radius 2 is 1.83 bits per heavy atom. The molecule has 4 heteroatoms. The summed E-state index contributed by atoms with van der Waals surface area (Å²) in [5.41, 5.74) is 2.37. The van der Waals surface area contributed by atoms with Gasteiger partial charge in [-0.1, -0.05) is 38.1 Å². The minimum Gasteiger partial charge on any atom is -0.379 e. The van der Waals surface area contributed by atoms with Crippen LogP contribution in [0.25, 0.3) is 0 Å². The van der Waals surface area contributed by atoms with Gasteiger partial charge in [-0.25, -0.2) is 0 Å². The quantitative estimate of drug-likeness (QED) is 0.905. The second-order valence-corrected chi connectivity index (χ2v) is 8.26. The van der Waals surface area contributed by atoms with Crippen molar-refractivity contribution in [3.63, 3.8) is 0 Å². The fourth-order valence-corrected chi connectivity index (χ4v) is 4.61. The van der Waals surface area contributed by atoms with Gasteiger partial charge in [-0.05, 0) is 80.5 Å². The van der Waals surface area contributed by atoms with Crippen LogP contribution in [-0.4, -0.2) is 34.5 Å². The standard InChI is InChI=1S/C20H28N2OS/c1-14(2)16-5-7-17(8-6-16)20(23,19-13-15(3)21-24-19)18-9-11-22(4)12-10-18/h5-8,13-14,18,23H,9-12H2,1-4H3. The lowest BCUT2D eigenvalue weighted by atomic mass is 9.74. The Labute approximate surface area is 149 Å². The Hall–Kier alpha value is -1.23. The third-order valence-corrected chi connectivity index (χ3v) is 6.34. The summed E-state index contributed by atoms with van der Waals surface area (Å²) in [4.78, 5) is 3.32. The maximum absolute atomic E-state index is 11.9. The van der Waals surface area contributed by atoms with Crippen LogP contribution in [0.5, 0.6) is 0 Å². The van der Waals surface area contributed by atoms with Crippen LogP contribution >= 0.6 is 11.5 Å². The predicted molar refractivity (Wildman–Crippen MR) is 101 cm³/mol. The third-order valence-electron chi connectivity index (χ3n) is 5.33. The lowest BCUT2D eigenvalue weighted by Gasteiger charge is -2.40. The number of benzene rings is 1. The molecule has 1 fully saturated rings. The number of aromatic nitrogens is 1. The van der Waals surface area contributed by atoms with Crippen molar-refractivity contribution in [2.75, 3.05) is 20.1 Å². The van der Waals surface area contributed by atoms with Gasteiger partial charge in [0.05, 0.1) is 10.6 Å². The number of hydrogen-bond acceptors (Lipinski definition) is 4. The molecular formula is C20H28N2OS. The molecule has 2 heterocycles. The molecule has 0 amide bonds. The molecule has 1 N–H and O–H groups in total. The molecule has 0 saturated carbocycles. The number of likely N-dealkylation sites (tertiary alicyclic amines) is 1. The molecule has 1 aromatic carbocycles. The molecule has 0 aliphatic carbocycles. The molecule has 1 aliphatic heterocycles. The van der Waals surface area contributed by atoms with Crippen LogP contribution in [0.1, 0.15) is 54.3 Å². The van der Waals surface area contributed by atoms with Crippen LogP contribution in [0.4, 0.5) is 0 Å². The van der Waals surface area contributed by atoms with Crippen molar-refractivity contribution in [3.05, 3.63) is 52.0 Å². The number of piperidine rings is 1. The molecule has 1 atom stereocenters. The Morgan fingerprint density at radius 3 is 2.33 bits per heavy atom. The average Bonchev–Trinajstić information content (AvgIpc) is 3.02. The number of rotatable bonds is 4. The Kier molecular flexibility index (Phi) is 5.09.